The summed E-state index contributed by atoms with van der Waals surface area (Å²) < 4.78 is 18.3. The highest BCUT2D eigenvalue weighted by Gasteiger charge is 2.15. The lowest BCUT2D eigenvalue weighted by Gasteiger charge is -2.20. The largest absolute Gasteiger partial charge is 0.483 e. The van der Waals surface area contributed by atoms with E-state index in [4.69, 9.17) is 4.74 Å². The average molecular weight is 342 g/mol. The number of ether oxygens (including phenoxy) is 1. The number of carbonyl (C=O) groups excluding carboxylic acids is 1. The van der Waals surface area contributed by atoms with Crippen LogP contribution in [0.4, 0.5) is 4.39 Å². The van der Waals surface area contributed by atoms with E-state index in [2.05, 4.69) is 37.4 Å². The number of amides is 1. The SMILES string of the molecule is Cc1cc(C(C)(C)C)ccc1OCC(=O)NN=Cc1ccc(F)cc1. The Bertz CT molecular complexity index is 762. The summed E-state index contributed by atoms with van der Waals surface area (Å²) in [6.45, 7) is 8.27. The smallest absolute Gasteiger partial charge is 0.277 e. The van der Waals surface area contributed by atoms with Crippen LogP contribution in [0, 0.1) is 12.7 Å². The first-order valence-electron chi connectivity index (χ1n) is 8.07. The van der Waals surface area contributed by atoms with Gasteiger partial charge in [0.1, 0.15) is 11.6 Å². The number of aryl methyl sites for hydroxylation is 1. The highest BCUT2D eigenvalue weighted by Crippen LogP contribution is 2.27. The van der Waals surface area contributed by atoms with Gasteiger partial charge in [0.2, 0.25) is 0 Å². The van der Waals surface area contributed by atoms with Crippen molar-refractivity contribution in [3.8, 4) is 5.75 Å². The molecule has 0 atom stereocenters. The summed E-state index contributed by atoms with van der Waals surface area (Å²) in [5, 5.41) is 3.83. The van der Waals surface area contributed by atoms with Crippen LogP contribution in [0.25, 0.3) is 0 Å². The number of hydrogen-bond acceptors (Lipinski definition) is 3. The lowest BCUT2D eigenvalue weighted by molar-refractivity contribution is -0.123. The maximum atomic E-state index is 12.8. The zero-order chi connectivity index (χ0) is 18.4. The Hall–Kier alpha value is -2.69. The van der Waals surface area contributed by atoms with Gasteiger partial charge in [0.25, 0.3) is 5.91 Å². The number of carbonyl (C=O) groups is 1. The van der Waals surface area contributed by atoms with Gasteiger partial charge in [-0.1, -0.05) is 45.0 Å². The van der Waals surface area contributed by atoms with Crippen LogP contribution in [0.3, 0.4) is 0 Å². The summed E-state index contributed by atoms with van der Waals surface area (Å²) in [4.78, 5) is 11.8. The summed E-state index contributed by atoms with van der Waals surface area (Å²) in [5.41, 5.74) is 5.33. The Balaban J connectivity index is 1.86. The van der Waals surface area contributed by atoms with Gasteiger partial charge in [0.05, 0.1) is 6.21 Å². The molecule has 1 amide bonds. The molecule has 0 unspecified atom stereocenters. The van der Waals surface area contributed by atoms with Gasteiger partial charge >= 0.3 is 0 Å². The lowest BCUT2D eigenvalue weighted by Crippen LogP contribution is -2.24. The molecule has 0 radical (unpaired) electrons. The topological polar surface area (TPSA) is 50.7 Å². The van der Waals surface area contributed by atoms with E-state index >= 15 is 0 Å². The molecule has 2 rings (SSSR count). The van der Waals surface area contributed by atoms with E-state index in [1.807, 2.05) is 19.1 Å². The third-order valence-corrected chi connectivity index (χ3v) is 3.67. The molecule has 2 aromatic carbocycles. The number of nitrogens with zero attached hydrogens (tertiary/aromatic N) is 1. The third-order valence-electron chi connectivity index (χ3n) is 3.67. The maximum Gasteiger partial charge on any atom is 0.277 e. The molecular formula is C20H23FN2O2. The van der Waals surface area contributed by atoms with Gasteiger partial charge in [-0.25, -0.2) is 9.82 Å². The van der Waals surface area contributed by atoms with Crippen molar-refractivity contribution in [2.75, 3.05) is 6.61 Å². The average Bonchev–Trinajstić information content (AvgIpc) is 2.54. The molecule has 0 aliphatic rings. The molecule has 0 heterocycles. The minimum absolute atomic E-state index is 0.0652. The van der Waals surface area contributed by atoms with Gasteiger partial charge in [-0.2, -0.15) is 5.10 Å². The molecule has 4 nitrogen and oxygen atoms in total. The summed E-state index contributed by atoms with van der Waals surface area (Å²) in [6, 6.07) is 11.8. The molecule has 132 valence electrons. The first-order chi connectivity index (χ1) is 11.8. The molecular weight excluding hydrogens is 319 g/mol. The summed E-state index contributed by atoms with van der Waals surface area (Å²) in [7, 11) is 0. The molecule has 0 saturated heterocycles. The van der Waals surface area contributed by atoms with Crippen molar-refractivity contribution < 1.29 is 13.9 Å². The van der Waals surface area contributed by atoms with Gasteiger partial charge in [0.15, 0.2) is 6.61 Å². The van der Waals surface area contributed by atoms with E-state index in [9.17, 15) is 9.18 Å². The van der Waals surface area contributed by atoms with Crippen LogP contribution < -0.4 is 10.2 Å². The van der Waals surface area contributed by atoms with E-state index in [0.29, 0.717) is 11.3 Å². The summed E-state index contributed by atoms with van der Waals surface area (Å²) in [6.07, 6.45) is 1.45. The van der Waals surface area contributed by atoms with Gasteiger partial charge in [-0.05, 0) is 47.2 Å². The predicted molar refractivity (Wildman–Crippen MR) is 97.5 cm³/mol. The monoisotopic (exact) mass is 342 g/mol. The number of hydrogen-bond donors (Lipinski definition) is 1. The van der Waals surface area contributed by atoms with E-state index in [-0.39, 0.29) is 23.7 Å². The molecule has 0 spiro atoms. The van der Waals surface area contributed by atoms with Crippen molar-refractivity contribution in [2.45, 2.75) is 33.1 Å². The first-order valence-corrected chi connectivity index (χ1v) is 8.07. The Labute approximate surface area is 147 Å². The minimum atomic E-state index is -0.363. The normalized spacial score (nSPS) is 11.6. The zero-order valence-corrected chi connectivity index (χ0v) is 15.0. The second-order valence-electron chi connectivity index (χ2n) is 6.86. The van der Waals surface area contributed by atoms with Crippen LogP contribution in [0.2, 0.25) is 0 Å². The van der Waals surface area contributed by atoms with Crippen LogP contribution in [-0.2, 0) is 10.2 Å². The molecule has 5 heteroatoms. The Morgan fingerprint density at radius 2 is 1.88 bits per heavy atom. The second kappa shape index (κ2) is 7.92. The quantitative estimate of drug-likeness (QED) is 0.660. The number of rotatable bonds is 5. The van der Waals surface area contributed by atoms with Gasteiger partial charge < -0.3 is 4.74 Å². The van der Waals surface area contributed by atoms with Crippen LogP contribution in [0.5, 0.6) is 5.75 Å². The fourth-order valence-corrected chi connectivity index (χ4v) is 2.18. The number of benzene rings is 2. The standard InChI is InChI=1S/C20H23FN2O2/c1-14-11-16(20(2,3)4)7-10-18(14)25-13-19(24)23-22-12-15-5-8-17(21)9-6-15/h5-12H,13H2,1-4H3,(H,23,24). The van der Waals surface area contributed by atoms with Crippen molar-refractivity contribution in [1.29, 1.82) is 0 Å². The first kappa shape index (κ1) is 18.6. The van der Waals surface area contributed by atoms with Gasteiger partial charge in [-0.3, -0.25) is 4.79 Å². The Morgan fingerprint density at radius 1 is 1.20 bits per heavy atom. The van der Waals surface area contributed by atoms with Gasteiger partial charge in [-0.15, -0.1) is 0 Å². The van der Waals surface area contributed by atoms with Crippen LogP contribution in [0.15, 0.2) is 47.6 Å². The molecule has 1 N–H and O–H groups in total. The van der Waals surface area contributed by atoms with Crippen molar-refractivity contribution in [1.82, 2.24) is 5.43 Å². The number of hydrazone groups is 1. The van der Waals surface area contributed by atoms with E-state index < -0.39 is 0 Å². The fraction of sp³-hybridized carbons (Fsp3) is 0.300. The predicted octanol–water partition coefficient (Wildman–Crippen LogP) is 3.96. The van der Waals surface area contributed by atoms with Crippen molar-refractivity contribution in [3.63, 3.8) is 0 Å². The molecule has 0 fully saturated rings. The maximum absolute atomic E-state index is 12.8. The molecule has 0 saturated carbocycles. The van der Waals surface area contributed by atoms with E-state index in [1.165, 1.54) is 23.9 Å². The number of nitrogens with one attached hydrogen (secondary N) is 1. The third kappa shape index (κ3) is 5.71. The van der Waals surface area contributed by atoms with Crippen LogP contribution in [0.1, 0.15) is 37.5 Å². The summed E-state index contributed by atoms with van der Waals surface area (Å²) >= 11 is 0. The van der Waals surface area contributed by atoms with Crippen LogP contribution >= 0.6 is 0 Å². The van der Waals surface area contributed by atoms with Crippen molar-refractivity contribution in [2.24, 2.45) is 5.10 Å². The molecule has 0 aliphatic carbocycles. The minimum Gasteiger partial charge on any atom is -0.483 e. The van der Waals surface area contributed by atoms with Crippen molar-refractivity contribution >= 4 is 12.1 Å². The second-order valence-corrected chi connectivity index (χ2v) is 6.86. The zero-order valence-electron chi connectivity index (χ0n) is 15.0. The van der Waals surface area contributed by atoms with E-state index in [0.717, 1.165) is 5.56 Å². The Morgan fingerprint density at radius 3 is 2.48 bits per heavy atom. The number of halogens is 1. The summed E-state index contributed by atoms with van der Waals surface area (Å²) in [5.74, 6) is -0.00856. The van der Waals surface area contributed by atoms with Crippen LogP contribution in [-0.4, -0.2) is 18.7 Å². The Kier molecular flexibility index (Phi) is 5.91. The molecule has 0 aliphatic heterocycles. The highest BCUT2D eigenvalue weighted by molar-refractivity contribution is 5.82. The molecule has 25 heavy (non-hydrogen) atoms. The van der Waals surface area contributed by atoms with Crippen molar-refractivity contribution in [3.05, 3.63) is 65.0 Å². The highest BCUT2D eigenvalue weighted by atomic mass is 19.1. The fourth-order valence-electron chi connectivity index (χ4n) is 2.18. The lowest BCUT2D eigenvalue weighted by atomic mass is 9.86. The molecule has 0 bridgehead atoms. The molecule has 0 aromatic heterocycles. The molecule has 2 aromatic rings. The van der Waals surface area contributed by atoms with Gasteiger partial charge in [0, 0.05) is 0 Å². The van der Waals surface area contributed by atoms with E-state index in [1.54, 1.807) is 12.1 Å².